The Kier molecular flexibility index (Phi) is 5.67. The Morgan fingerprint density at radius 3 is 2.42 bits per heavy atom. The maximum Gasteiger partial charge on any atom is 0.342 e. The Hall–Kier alpha value is -3.35. The fourth-order valence-corrected chi connectivity index (χ4v) is 3.59. The first kappa shape index (κ1) is 20.9. The van der Waals surface area contributed by atoms with Crippen LogP contribution in [0, 0.1) is 0 Å². The van der Waals surface area contributed by atoms with E-state index in [0.717, 1.165) is 5.56 Å². The number of esters is 1. The van der Waals surface area contributed by atoms with Crippen molar-refractivity contribution in [3.63, 3.8) is 0 Å². The van der Waals surface area contributed by atoms with Gasteiger partial charge in [-0.15, -0.1) is 0 Å². The predicted molar refractivity (Wildman–Crippen MR) is 113 cm³/mol. The summed E-state index contributed by atoms with van der Waals surface area (Å²) in [6.07, 6.45) is -1.03. The van der Waals surface area contributed by atoms with Gasteiger partial charge in [-0.25, -0.2) is 4.79 Å². The molecule has 1 atom stereocenters. The summed E-state index contributed by atoms with van der Waals surface area (Å²) in [5.41, 5.74) is 1.64. The molecule has 164 valence electrons. The highest BCUT2D eigenvalue weighted by molar-refractivity contribution is 5.99. The molecule has 2 aromatic carbocycles. The van der Waals surface area contributed by atoms with Gasteiger partial charge in [0.1, 0.15) is 22.8 Å². The molecule has 31 heavy (non-hydrogen) atoms. The Morgan fingerprint density at radius 1 is 0.968 bits per heavy atom. The first-order valence-corrected chi connectivity index (χ1v) is 10.2. The van der Waals surface area contributed by atoms with Gasteiger partial charge in [-0.2, -0.15) is 0 Å². The topological polar surface area (TPSA) is 72.5 Å². The summed E-state index contributed by atoms with van der Waals surface area (Å²) < 4.78 is 34.3. The first-order chi connectivity index (χ1) is 14.9. The maximum absolute atomic E-state index is 13.1. The maximum atomic E-state index is 13.1. The van der Waals surface area contributed by atoms with Crippen LogP contribution in [-0.2, 0) is 14.3 Å². The number of methoxy groups -OCH3 is 1. The third-order valence-corrected chi connectivity index (χ3v) is 4.79. The minimum Gasteiger partial charge on any atom is -0.495 e. The van der Waals surface area contributed by atoms with E-state index in [1.807, 2.05) is 44.2 Å². The highest BCUT2D eigenvalue weighted by atomic mass is 16.7. The van der Waals surface area contributed by atoms with Crippen LogP contribution >= 0.6 is 0 Å². The number of carbonyl (C=O) groups excluding carboxylic acids is 1. The Balaban J connectivity index is 1.84. The van der Waals surface area contributed by atoms with Gasteiger partial charge in [-0.05, 0) is 58.0 Å². The summed E-state index contributed by atoms with van der Waals surface area (Å²) >= 11 is 0. The number of hydrogen-bond donors (Lipinski definition) is 0. The molecule has 7 nitrogen and oxygen atoms in total. The van der Waals surface area contributed by atoms with E-state index in [0.29, 0.717) is 34.3 Å². The van der Waals surface area contributed by atoms with Crippen molar-refractivity contribution in [3.8, 4) is 23.0 Å². The molecular weight excluding hydrogens is 400 g/mol. The average molecular weight is 426 g/mol. The summed E-state index contributed by atoms with van der Waals surface area (Å²) in [6.45, 7) is 7.65. The van der Waals surface area contributed by atoms with Crippen molar-refractivity contribution in [2.45, 2.75) is 46.0 Å². The molecule has 0 saturated heterocycles. The van der Waals surface area contributed by atoms with Crippen LogP contribution in [0.15, 0.2) is 42.0 Å². The predicted octanol–water partition coefficient (Wildman–Crippen LogP) is 4.65. The lowest BCUT2D eigenvalue weighted by atomic mass is 9.94. The smallest absolute Gasteiger partial charge is 0.342 e. The zero-order valence-electron chi connectivity index (χ0n) is 18.3. The monoisotopic (exact) mass is 426 g/mol. The molecule has 2 aromatic rings. The van der Waals surface area contributed by atoms with Gasteiger partial charge < -0.3 is 28.4 Å². The van der Waals surface area contributed by atoms with Crippen molar-refractivity contribution < 1.29 is 33.2 Å². The number of benzene rings is 2. The second-order valence-electron chi connectivity index (χ2n) is 7.84. The molecule has 4 rings (SSSR count). The second kappa shape index (κ2) is 8.41. The first-order valence-electron chi connectivity index (χ1n) is 10.2. The molecule has 0 N–H and O–H groups in total. The summed E-state index contributed by atoms with van der Waals surface area (Å²) in [5.74, 6) is 2.38. The fraction of sp³-hybridized carbons (Fsp3) is 0.375. The van der Waals surface area contributed by atoms with Crippen LogP contribution in [-0.4, -0.2) is 32.1 Å². The average Bonchev–Trinajstić information content (AvgIpc) is 3.19. The van der Waals surface area contributed by atoms with Crippen molar-refractivity contribution >= 4 is 11.7 Å². The van der Waals surface area contributed by atoms with Crippen molar-refractivity contribution in [3.05, 3.63) is 53.1 Å². The van der Waals surface area contributed by atoms with Gasteiger partial charge in [0.2, 0.25) is 6.79 Å². The fourth-order valence-electron chi connectivity index (χ4n) is 3.59. The highest BCUT2D eigenvalue weighted by Gasteiger charge is 2.37. The summed E-state index contributed by atoms with van der Waals surface area (Å²) in [6, 6.07) is 10.9. The summed E-state index contributed by atoms with van der Waals surface area (Å²) in [7, 11) is 1.53. The lowest BCUT2D eigenvalue weighted by molar-refractivity contribution is -0.143. The molecule has 0 bridgehead atoms. The van der Waals surface area contributed by atoms with Crippen molar-refractivity contribution in [1.29, 1.82) is 0 Å². The van der Waals surface area contributed by atoms with Gasteiger partial charge in [-0.1, -0.05) is 6.07 Å². The van der Waals surface area contributed by atoms with E-state index in [4.69, 9.17) is 28.4 Å². The van der Waals surface area contributed by atoms with E-state index in [2.05, 4.69) is 0 Å². The van der Waals surface area contributed by atoms with Crippen LogP contribution < -0.4 is 18.9 Å². The molecule has 2 aliphatic heterocycles. The third kappa shape index (κ3) is 4.13. The molecular formula is C24H26O7. The van der Waals surface area contributed by atoms with Gasteiger partial charge in [-0.3, -0.25) is 0 Å². The molecule has 0 amide bonds. The van der Waals surface area contributed by atoms with Crippen molar-refractivity contribution in [2.24, 2.45) is 0 Å². The van der Waals surface area contributed by atoms with Gasteiger partial charge in [0.25, 0.3) is 0 Å². The summed E-state index contributed by atoms with van der Waals surface area (Å²) in [4.78, 5) is 13.1. The standard InChI is InChI=1S/C24H26O7/c1-13(2)29-16-7-9-18-17(11-16)23(26-5)21(24(25)30-14(3)4)22(31-18)15-6-8-19-20(10-15)28-12-27-19/h6-11,13-14,22H,12H2,1-5H3. The number of fused-ring (bicyclic) bond motifs is 2. The van der Waals surface area contributed by atoms with E-state index in [-0.39, 0.29) is 24.6 Å². The molecule has 0 radical (unpaired) electrons. The van der Waals surface area contributed by atoms with Crippen LogP contribution in [0.1, 0.15) is 44.9 Å². The molecule has 0 spiro atoms. The third-order valence-electron chi connectivity index (χ3n) is 4.79. The number of carbonyl (C=O) groups is 1. The number of hydrogen-bond acceptors (Lipinski definition) is 7. The van der Waals surface area contributed by atoms with E-state index in [1.54, 1.807) is 19.9 Å². The van der Waals surface area contributed by atoms with Crippen LogP contribution in [0.25, 0.3) is 5.76 Å². The van der Waals surface area contributed by atoms with E-state index in [1.165, 1.54) is 7.11 Å². The number of rotatable bonds is 6. The van der Waals surface area contributed by atoms with Crippen LogP contribution in [0.4, 0.5) is 0 Å². The molecule has 1 unspecified atom stereocenters. The molecule has 7 heteroatoms. The molecule has 2 aliphatic rings. The van der Waals surface area contributed by atoms with Crippen LogP contribution in [0.2, 0.25) is 0 Å². The quantitative estimate of drug-likeness (QED) is 0.623. The molecule has 0 saturated carbocycles. The lowest BCUT2D eigenvalue weighted by Crippen LogP contribution is -2.26. The normalized spacial score (nSPS) is 16.8. The van der Waals surface area contributed by atoms with Gasteiger partial charge in [0.15, 0.2) is 17.6 Å². The Bertz CT molecular complexity index is 1020. The zero-order chi connectivity index (χ0) is 22.1. The van der Waals surface area contributed by atoms with Gasteiger partial charge in [0.05, 0.1) is 24.9 Å². The van der Waals surface area contributed by atoms with Crippen LogP contribution in [0.3, 0.4) is 0 Å². The van der Waals surface area contributed by atoms with E-state index >= 15 is 0 Å². The molecule has 0 aromatic heterocycles. The second-order valence-corrected chi connectivity index (χ2v) is 7.84. The lowest BCUT2D eigenvalue weighted by Gasteiger charge is -2.30. The van der Waals surface area contributed by atoms with Crippen LogP contribution in [0.5, 0.6) is 23.0 Å². The van der Waals surface area contributed by atoms with Crippen molar-refractivity contribution in [1.82, 2.24) is 0 Å². The molecule has 0 fully saturated rings. The minimum atomic E-state index is -0.736. The van der Waals surface area contributed by atoms with E-state index < -0.39 is 12.1 Å². The Labute approximate surface area is 181 Å². The highest BCUT2D eigenvalue weighted by Crippen LogP contribution is 2.46. The SMILES string of the molecule is COC1=C(C(=O)OC(C)C)C(c2ccc3c(c2)OCO3)Oc2ccc(OC(C)C)cc21. The number of ether oxygens (including phenoxy) is 6. The van der Waals surface area contributed by atoms with Gasteiger partial charge >= 0.3 is 5.97 Å². The van der Waals surface area contributed by atoms with Crippen molar-refractivity contribution in [2.75, 3.05) is 13.9 Å². The summed E-state index contributed by atoms with van der Waals surface area (Å²) in [5, 5.41) is 0. The minimum absolute atomic E-state index is 0.00397. The Morgan fingerprint density at radius 2 is 1.71 bits per heavy atom. The largest absolute Gasteiger partial charge is 0.495 e. The zero-order valence-corrected chi connectivity index (χ0v) is 18.3. The van der Waals surface area contributed by atoms with Gasteiger partial charge in [0, 0.05) is 5.56 Å². The molecule has 2 heterocycles. The van der Waals surface area contributed by atoms with E-state index in [9.17, 15) is 4.79 Å². The molecule has 0 aliphatic carbocycles.